The number of halogens is 3. The van der Waals surface area contributed by atoms with E-state index in [1.165, 1.54) is 12.1 Å². The molecule has 1 unspecified atom stereocenters. The second-order valence-electron chi connectivity index (χ2n) is 5.43. The number of hydrogen-bond donors (Lipinski definition) is 2. The van der Waals surface area contributed by atoms with Crippen molar-refractivity contribution in [2.45, 2.75) is 31.5 Å². The molecule has 1 fully saturated rings. The van der Waals surface area contributed by atoms with Crippen LogP contribution in [0, 0.1) is 0 Å². The summed E-state index contributed by atoms with van der Waals surface area (Å²) in [5.41, 5.74) is -0.419. The first-order chi connectivity index (χ1) is 10.4. The van der Waals surface area contributed by atoms with Gasteiger partial charge in [0, 0.05) is 11.7 Å². The van der Waals surface area contributed by atoms with Gasteiger partial charge in [0.2, 0.25) is 5.91 Å². The molecule has 0 radical (unpaired) electrons. The molecule has 0 saturated carbocycles. The monoisotopic (exact) mass is 316 g/mol. The zero-order valence-corrected chi connectivity index (χ0v) is 12.1. The summed E-state index contributed by atoms with van der Waals surface area (Å²) < 4.78 is 37.4. The maximum Gasteiger partial charge on any atom is 0.416 e. The third kappa shape index (κ3) is 4.45. The molecule has 2 rings (SSSR count). The lowest BCUT2D eigenvalue weighted by atomic mass is 10.0. The fourth-order valence-electron chi connectivity index (χ4n) is 2.60. The van der Waals surface area contributed by atoms with Crippen LogP contribution in [0.4, 0.5) is 18.9 Å². The molecule has 1 heterocycles. The Kier molecular flexibility index (Phi) is 5.42. The fourth-order valence-corrected chi connectivity index (χ4v) is 2.60. The Bertz CT molecular complexity index is 503. The van der Waals surface area contributed by atoms with Crippen molar-refractivity contribution in [2.24, 2.45) is 0 Å². The molecule has 1 saturated heterocycles. The minimum Gasteiger partial charge on any atom is -0.395 e. The molecule has 22 heavy (non-hydrogen) atoms. The van der Waals surface area contributed by atoms with Gasteiger partial charge in [0.15, 0.2) is 0 Å². The number of carbonyl (C=O) groups is 1. The lowest BCUT2D eigenvalue weighted by Gasteiger charge is -2.33. The highest BCUT2D eigenvalue weighted by Gasteiger charge is 2.30. The van der Waals surface area contributed by atoms with E-state index in [0.717, 1.165) is 37.9 Å². The third-order valence-corrected chi connectivity index (χ3v) is 3.80. The second-order valence-corrected chi connectivity index (χ2v) is 5.43. The van der Waals surface area contributed by atoms with E-state index >= 15 is 0 Å². The van der Waals surface area contributed by atoms with Gasteiger partial charge in [0.25, 0.3) is 0 Å². The van der Waals surface area contributed by atoms with Crippen molar-refractivity contribution in [1.82, 2.24) is 4.90 Å². The smallest absolute Gasteiger partial charge is 0.395 e. The van der Waals surface area contributed by atoms with Crippen LogP contribution in [0.1, 0.15) is 24.8 Å². The van der Waals surface area contributed by atoms with Crippen LogP contribution in [-0.4, -0.2) is 41.7 Å². The molecule has 1 aromatic carbocycles. The fraction of sp³-hybridized carbons (Fsp3) is 0.533. The molecule has 1 atom stereocenters. The Morgan fingerprint density at radius 1 is 1.27 bits per heavy atom. The summed E-state index contributed by atoms with van der Waals surface area (Å²) >= 11 is 0. The Morgan fingerprint density at radius 3 is 2.55 bits per heavy atom. The number of benzene rings is 1. The van der Waals surface area contributed by atoms with Gasteiger partial charge in [0.1, 0.15) is 0 Å². The molecule has 1 aromatic rings. The van der Waals surface area contributed by atoms with E-state index in [9.17, 15) is 23.1 Å². The van der Waals surface area contributed by atoms with Crippen LogP contribution in [0.3, 0.4) is 0 Å². The van der Waals surface area contributed by atoms with E-state index in [1.807, 2.05) is 4.90 Å². The summed E-state index contributed by atoms with van der Waals surface area (Å²) in [4.78, 5) is 13.9. The Hall–Kier alpha value is -1.60. The van der Waals surface area contributed by atoms with E-state index in [4.69, 9.17) is 0 Å². The zero-order chi connectivity index (χ0) is 16.2. The second kappa shape index (κ2) is 7.11. The summed E-state index contributed by atoms with van der Waals surface area (Å²) in [5, 5.41) is 11.9. The van der Waals surface area contributed by atoms with E-state index < -0.39 is 11.7 Å². The molecule has 1 amide bonds. The predicted molar refractivity (Wildman–Crippen MR) is 76.4 cm³/mol. The Morgan fingerprint density at radius 2 is 1.95 bits per heavy atom. The molecule has 0 aliphatic carbocycles. The highest BCUT2D eigenvalue weighted by Crippen LogP contribution is 2.29. The van der Waals surface area contributed by atoms with Gasteiger partial charge in [-0.25, -0.2) is 0 Å². The van der Waals surface area contributed by atoms with E-state index in [2.05, 4.69) is 5.32 Å². The van der Waals surface area contributed by atoms with Crippen LogP contribution in [-0.2, 0) is 11.0 Å². The SMILES string of the molecule is O=C(CN1CCCCC1CO)Nc1ccc(C(F)(F)F)cc1. The highest BCUT2D eigenvalue weighted by molar-refractivity contribution is 5.92. The van der Waals surface area contributed by atoms with Crippen LogP contribution < -0.4 is 5.32 Å². The van der Waals surface area contributed by atoms with Gasteiger partial charge < -0.3 is 10.4 Å². The number of nitrogens with zero attached hydrogens (tertiary/aromatic N) is 1. The molecular weight excluding hydrogens is 297 g/mol. The van der Waals surface area contributed by atoms with E-state index in [1.54, 1.807) is 0 Å². The van der Waals surface area contributed by atoms with Crippen molar-refractivity contribution < 1.29 is 23.1 Å². The summed E-state index contributed by atoms with van der Waals surface area (Å²) in [7, 11) is 0. The average molecular weight is 316 g/mol. The van der Waals surface area contributed by atoms with Crippen molar-refractivity contribution in [2.75, 3.05) is 25.0 Å². The van der Waals surface area contributed by atoms with Gasteiger partial charge in [-0.15, -0.1) is 0 Å². The van der Waals surface area contributed by atoms with Gasteiger partial charge in [0.05, 0.1) is 18.7 Å². The number of hydrogen-bond acceptors (Lipinski definition) is 3. The zero-order valence-electron chi connectivity index (χ0n) is 12.1. The molecule has 7 heteroatoms. The molecule has 1 aliphatic heterocycles. The molecule has 2 N–H and O–H groups in total. The van der Waals surface area contributed by atoms with Crippen molar-refractivity contribution in [3.63, 3.8) is 0 Å². The highest BCUT2D eigenvalue weighted by atomic mass is 19.4. The van der Waals surface area contributed by atoms with Gasteiger partial charge >= 0.3 is 6.18 Å². The van der Waals surface area contributed by atoms with Gasteiger partial charge in [-0.2, -0.15) is 13.2 Å². The van der Waals surface area contributed by atoms with Crippen molar-refractivity contribution >= 4 is 11.6 Å². The Labute approximate surface area is 126 Å². The normalized spacial score (nSPS) is 19.9. The minimum absolute atomic E-state index is 0.00750. The van der Waals surface area contributed by atoms with Gasteiger partial charge in [-0.3, -0.25) is 9.69 Å². The number of amides is 1. The topological polar surface area (TPSA) is 52.6 Å². The van der Waals surface area contributed by atoms with Gasteiger partial charge in [-0.1, -0.05) is 6.42 Å². The summed E-state index contributed by atoms with van der Waals surface area (Å²) in [6.07, 6.45) is -1.53. The van der Waals surface area contributed by atoms with Gasteiger partial charge in [-0.05, 0) is 43.7 Å². The number of anilines is 1. The molecule has 1 aliphatic rings. The molecule has 4 nitrogen and oxygen atoms in total. The van der Waals surface area contributed by atoms with E-state index in [-0.39, 0.29) is 25.1 Å². The van der Waals surface area contributed by atoms with Crippen molar-refractivity contribution in [3.05, 3.63) is 29.8 Å². The maximum atomic E-state index is 12.5. The lowest BCUT2D eigenvalue weighted by Crippen LogP contribution is -2.45. The number of likely N-dealkylation sites (tertiary alicyclic amines) is 1. The third-order valence-electron chi connectivity index (χ3n) is 3.80. The Balaban J connectivity index is 1.91. The van der Waals surface area contributed by atoms with Crippen molar-refractivity contribution in [1.29, 1.82) is 0 Å². The first-order valence-corrected chi connectivity index (χ1v) is 7.22. The van der Waals surface area contributed by atoms with Crippen LogP contribution in [0.15, 0.2) is 24.3 Å². The van der Waals surface area contributed by atoms with Crippen LogP contribution in [0.5, 0.6) is 0 Å². The number of piperidine rings is 1. The molecule has 0 bridgehead atoms. The number of alkyl halides is 3. The number of rotatable bonds is 4. The summed E-state index contributed by atoms with van der Waals surface area (Å²) in [6.45, 7) is 0.880. The quantitative estimate of drug-likeness (QED) is 0.897. The minimum atomic E-state index is -4.38. The van der Waals surface area contributed by atoms with Crippen LogP contribution in [0.2, 0.25) is 0 Å². The summed E-state index contributed by atoms with van der Waals surface area (Å²) in [6, 6.07) is 4.33. The first-order valence-electron chi connectivity index (χ1n) is 7.22. The lowest BCUT2D eigenvalue weighted by molar-refractivity contribution is -0.137. The van der Waals surface area contributed by atoms with Crippen LogP contribution in [0.25, 0.3) is 0 Å². The number of aliphatic hydroxyl groups excluding tert-OH is 1. The number of aliphatic hydroxyl groups is 1. The molecule has 0 aromatic heterocycles. The van der Waals surface area contributed by atoms with Crippen LogP contribution >= 0.6 is 0 Å². The average Bonchev–Trinajstić information content (AvgIpc) is 2.47. The predicted octanol–water partition coefficient (Wildman–Crippen LogP) is 2.49. The number of carbonyl (C=O) groups excluding carboxylic acids is 1. The maximum absolute atomic E-state index is 12.5. The van der Waals surface area contributed by atoms with Crippen molar-refractivity contribution in [3.8, 4) is 0 Å². The largest absolute Gasteiger partial charge is 0.416 e. The first kappa shape index (κ1) is 16.8. The molecule has 122 valence electrons. The number of nitrogens with one attached hydrogen (secondary N) is 1. The summed E-state index contributed by atoms with van der Waals surface area (Å²) in [5.74, 6) is -0.292. The molecular formula is C15H19F3N2O2. The van der Waals surface area contributed by atoms with E-state index in [0.29, 0.717) is 5.69 Å². The standard InChI is InChI=1S/C15H19F3N2O2/c16-15(17,18)11-4-6-12(7-5-11)19-14(22)9-20-8-2-1-3-13(20)10-21/h4-7,13,21H,1-3,8-10H2,(H,19,22). The molecule has 0 spiro atoms.